The molecule has 0 saturated carbocycles. The second kappa shape index (κ2) is 5.52. The number of nitrogens with one attached hydrogen (secondary N) is 1. The molecular weight excluding hydrogens is 249 g/mol. The standard InChI is InChI=1S/C13H18FN3O2/c1-9(2)16-6-5-11(8-16)15-10-3-4-13(17(18)19)12(14)7-10/h3-4,7,9,11,15H,5-6,8H2,1-2H3. The first-order chi connectivity index (χ1) is 8.97. The molecular formula is C13H18FN3O2. The molecule has 104 valence electrons. The average Bonchev–Trinajstić information content (AvgIpc) is 2.77. The summed E-state index contributed by atoms with van der Waals surface area (Å²) in [5.41, 5.74) is 0.111. The molecule has 1 atom stereocenters. The van der Waals surface area contributed by atoms with E-state index < -0.39 is 16.4 Å². The third-order valence-electron chi connectivity index (χ3n) is 3.47. The van der Waals surface area contributed by atoms with E-state index in [0.717, 1.165) is 19.5 Å². The molecule has 1 saturated heterocycles. The van der Waals surface area contributed by atoms with Crippen molar-refractivity contribution in [1.82, 2.24) is 4.90 Å². The van der Waals surface area contributed by atoms with Crippen molar-refractivity contribution < 1.29 is 9.31 Å². The highest BCUT2D eigenvalue weighted by Crippen LogP contribution is 2.23. The van der Waals surface area contributed by atoms with Crippen LogP contribution < -0.4 is 5.32 Å². The highest BCUT2D eigenvalue weighted by molar-refractivity contribution is 5.50. The van der Waals surface area contributed by atoms with Crippen molar-refractivity contribution in [1.29, 1.82) is 0 Å². The Hall–Kier alpha value is -1.69. The Morgan fingerprint density at radius 3 is 2.79 bits per heavy atom. The number of nitrogens with zero attached hydrogens (tertiary/aromatic N) is 2. The molecule has 1 heterocycles. The molecule has 0 amide bonds. The lowest BCUT2D eigenvalue weighted by Gasteiger charge is -2.20. The van der Waals surface area contributed by atoms with E-state index in [1.807, 2.05) is 0 Å². The second-order valence-corrected chi connectivity index (χ2v) is 5.14. The van der Waals surface area contributed by atoms with Crippen LogP contribution >= 0.6 is 0 Å². The van der Waals surface area contributed by atoms with Gasteiger partial charge in [0.2, 0.25) is 5.82 Å². The summed E-state index contributed by atoms with van der Waals surface area (Å²) in [7, 11) is 0. The molecule has 0 bridgehead atoms. The molecule has 0 aromatic heterocycles. The number of hydrogen-bond acceptors (Lipinski definition) is 4. The molecule has 0 spiro atoms. The molecule has 1 aromatic carbocycles. The molecule has 1 N–H and O–H groups in total. The number of nitro groups is 1. The third-order valence-corrected chi connectivity index (χ3v) is 3.47. The molecule has 6 heteroatoms. The van der Waals surface area contributed by atoms with Crippen molar-refractivity contribution in [3.05, 3.63) is 34.1 Å². The number of benzene rings is 1. The number of likely N-dealkylation sites (tertiary alicyclic amines) is 1. The van der Waals surface area contributed by atoms with E-state index in [9.17, 15) is 14.5 Å². The van der Waals surface area contributed by atoms with E-state index in [0.29, 0.717) is 11.7 Å². The zero-order chi connectivity index (χ0) is 14.0. The van der Waals surface area contributed by atoms with Gasteiger partial charge < -0.3 is 5.32 Å². The van der Waals surface area contributed by atoms with Gasteiger partial charge >= 0.3 is 5.69 Å². The van der Waals surface area contributed by atoms with E-state index in [1.54, 1.807) is 6.07 Å². The van der Waals surface area contributed by atoms with Gasteiger partial charge in [0.25, 0.3) is 0 Å². The molecule has 1 aliphatic heterocycles. The monoisotopic (exact) mass is 267 g/mol. The van der Waals surface area contributed by atoms with Gasteiger partial charge in [0.05, 0.1) is 4.92 Å². The zero-order valence-electron chi connectivity index (χ0n) is 11.1. The highest BCUT2D eigenvalue weighted by Gasteiger charge is 2.24. The van der Waals surface area contributed by atoms with Gasteiger partial charge in [-0.15, -0.1) is 0 Å². The third kappa shape index (κ3) is 3.20. The predicted molar refractivity (Wildman–Crippen MR) is 71.8 cm³/mol. The SMILES string of the molecule is CC(C)N1CCC(Nc2ccc([N+](=O)[O-])c(F)c2)C1. The molecule has 1 aromatic rings. The molecule has 1 aliphatic rings. The second-order valence-electron chi connectivity index (χ2n) is 5.14. The molecule has 0 aliphatic carbocycles. The van der Waals surface area contributed by atoms with Gasteiger partial charge in [0, 0.05) is 43.0 Å². The van der Waals surface area contributed by atoms with Crippen molar-refractivity contribution in [2.24, 2.45) is 0 Å². The van der Waals surface area contributed by atoms with E-state index >= 15 is 0 Å². The van der Waals surface area contributed by atoms with E-state index in [2.05, 4.69) is 24.1 Å². The fourth-order valence-electron chi connectivity index (χ4n) is 2.35. The van der Waals surface area contributed by atoms with Crippen LogP contribution in [-0.4, -0.2) is 35.0 Å². The minimum absolute atomic E-state index is 0.267. The van der Waals surface area contributed by atoms with Crippen LogP contribution in [0.25, 0.3) is 0 Å². The smallest absolute Gasteiger partial charge is 0.304 e. The Kier molecular flexibility index (Phi) is 3.99. The van der Waals surface area contributed by atoms with Crippen LogP contribution in [0.4, 0.5) is 15.8 Å². The molecule has 0 radical (unpaired) electrons. The topological polar surface area (TPSA) is 58.4 Å². The highest BCUT2D eigenvalue weighted by atomic mass is 19.1. The molecule has 19 heavy (non-hydrogen) atoms. The maximum atomic E-state index is 13.5. The van der Waals surface area contributed by atoms with E-state index in [4.69, 9.17) is 0 Å². The van der Waals surface area contributed by atoms with Crippen LogP contribution in [0.5, 0.6) is 0 Å². The van der Waals surface area contributed by atoms with E-state index in [1.165, 1.54) is 12.1 Å². The summed E-state index contributed by atoms with van der Waals surface area (Å²) in [5.74, 6) is -0.797. The zero-order valence-corrected chi connectivity index (χ0v) is 11.1. The summed E-state index contributed by atoms with van der Waals surface area (Å²) in [6.45, 7) is 6.23. The molecule has 1 fully saturated rings. The Morgan fingerprint density at radius 2 is 2.26 bits per heavy atom. The van der Waals surface area contributed by atoms with Crippen LogP contribution in [0.3, 0.4) is 0 Å². The fraction of sp³-hybridized carbons (Fsp3) is 0.538. The maximum absolute atomic E-state index is 13.5. The van der Waals surface area contributed by atoms with Crippen LogP contribution in [0.1, 0.15) is 20.3 Å². The Bertz CT molecular complexity index is 479. The van der Waals surface area contributed by atoms with Gasteiger partial charge in [-0.05, 0) is 26.3 Å². The first-order valence-electron chi connectivity index (χ1n) is 6.42. The maximum Gasteiger partial charge on any atom is 0.304 e. The number of hydrogen-bond donors (Lipinski definition) is 1. The summed E-state index contributed by atoms with van der Waals surface area (Å²) in [6, 6.07) is 4.71. The van der Waals surface area contributed by atoms with Crippen molar-refractivity contribution in [2.75, 3.05) is 18.4 Å². The van der Waals surface area contributed by atoms with Crippen molar-refractivity contribution >= 4 is 11.4 Å². The number of rotatable bonds is 4. The molecule has 5 nitrogen and oxygen atoms in total. The Morgan fingerprint density at radius 1 is 1.53 bits per heavy atom. The number of anilines is 1. The van der Waals surface area contributed by atoms with Gasteiger partial charge in [0.15, 0.2) is 0 Å². The summed E-state index contributed by atoms with van der Waals surface area (Å²) in [4.78, 5) is 12.2. The molecule has 1 unspecified atom stereocenters. The van der Waals surface area contributed by atoms with Gasteiger partial charge in [-0.3, -0.25) is 15.0 Å². The normalized spacial score (nSPS) is 19.9. The number of halogens is 1. The van der Waals surface area contributed by atoms with Crippen molar-refractivity contribution in [3.8, 4) is 0 Å². The summed E-state index contributed by atoms with van der Waals surface area (Å²) >= 11 is 0. The van der Waals surface area contributed by atoms with Gasteiger partial charge in [0.1, 0.15) is 0 Å². The fourth-order valence-corrected chi connectivity index (χ4v) is 2.35. The predicted octanol–water partition coefficient (Wildman–Crippen LogP) is 2.63. The van der Waals surface area contributed by atoms with Gasteiger partial charge in [-0.25, -0.2) is 0 Å². The van der Waals surface area contributed by atoms with Crippen molar-refractivity contribution in [2.45, 2.75) is 32.4 Å². The average molecular weight is 267 g/mol. The van der Waals surface area contributed by atoms with Crippen LogP contribution in [0.2, 0.25) is 0 Å². The summed E-state index contributed by atoms with van der Waals surface area (Å²) in [5, 5.41) is 13.8. The van der Waals surface area contributed by atoms with E-state index in [-0.39, 0.29) is 6.04 Å². The Balaban J connectivity index is 2.01. The number of nitro benzene ring substituents is 1. The summed E-state index contributed by atoms with van der Waals surface area (Å²) < 4.78 is 13.5. The minimum atomic E-state index is -0.797. The lowest BCUT2D eigenvalue weighted by Crippen LogP contribution is -2.31. The first kappa shape index (κ1) is 13.7. The van der Waals surface area contributed by atoms with Gasteiger partial charge in [-0.1, -0.05) is 0 Å². The van der Waals surface area contributed by atoms with Crippen molar-refractivity contribution in [3.63, 3.8) is 0 Å². The van der Waals surface area contributed by atoms with Crippen LogP contribution in [0.15, 0.2) is 18.2 Å². The minimum Gasteiger partial charge on any atom is -0.381 e. The lowest BCUT2D eigenvalue weighted by molar-refractivity contribution is -0.387. The van der Waals surface area contributed by atoms with Crippen LogP contribution in [0, 0.1) is 15.9 Å². The van der Waals surface area contributed by atoms with Gasteiger partial charge in [-0.2, -0.15) is 4.39 Å². The quantitative estimate of drug-likeness (QED) is 0.673. The lowest BCUT2D eigenvalue weighted by atomic mass is 10.2. The first-order valence-corrected chi connectivity index (χ1v) is 6.42. The molecule has 2 rings (SSSR count). The van der Waals surface area contributed by atoms with Crippen LogP contribution in [-0.2, 0) is 0 Å². The Labute approximate surface area is 111 Å². The summed E-state index contributed by atoms with van der Waals surface area (Å²) in [6.07, 6.45) is 0.997. The largest absolute Gasteiger partial charge is 0.381 e.